The van der Waals surface area contributed by atoms with Crippen LogP contribution in [-0.2, 0) is 27.3 Å². The number of anilines is 1. The van der Waals surface area contributed by atoms with E-state index in [1.165, 1.54) is 18.4 Å². The molecule has 2 aromatic rings. The van der Waals surface area contributed by atoms with Gasteiger partial charge in [-0.05, 0) is 45.1 Å². The minimum absolute atomic E-state index is 0.0172. The Morgan fingerprint density at radius 3 is 2.91 bits per heavy atom. The molecule has 1 fully saturated rings. The van der Waals surface area contributed by atoms with Crippen molar-refractivity contribution in [3.05, 3.63) is 38.9 Å². The number of methoxy groups -OCH3 is 1. The number of aromatic nitrogens is 2. The van der Waals surface area contributed by atoms with Crippen molar-refractivity contribution in [1.29, 1.82) is 0 Å². The molecule has 1 aromatic carbocycles. The number of nitrogens with zero attached hydrogens (tertiary/aromatic N) is 2. The molecule has 33 heavy (non-hydrogen) atoms. The number of esters is 1. The van der Waals surface area contributed by atoms with Crippen LogP contribution in [0.5, 0.6) is 11.5 Å². The Kier molecular flexibility index (Phi) is 6.94. The van der Waals surface area contributed by atoms with Crippen molar-refractivity contribution in [2.24, 2.45) is 0 Å². The molecule has 1 amide bonds. The number of carbonyl (C=O) groups is 2. The van der Waals surface area contributed by atoms with Crippen LogP contribution in [0.25, 0.3) is 0 Å². The summed E-state index contributed by atoms with van der Waals surface area (Å²) in [5.41, 5.74) is 3.18. The van der Waals surface area contributed by atoms with Gasteiger partial charge in [0.25, 0.3) is 0 Å². The zero-order chi connectivity index (χ0) is 23.5. The van der Waals surface area contributed by atoms with Crippen LogP contribution in [0.1, 0.15) is 70.8 Å². The van der Waals surface area contributed by atoms with Gasteiger partial charge in [0.1, 0.15) is 34.8 Å². The number of hydrogen-bond donors (Lipinski definition) is 2. The van der Waals surface area contributed by atoms with Crippen molar-refractivity contribution in [2.45, 2.75) is 58.7 Å². The van der Waals surface area contributed by atoms with Crippen LogP contribution >= 0.6 is 11.3 Å². The highest BCUT2D eigenvalue weighted by atomic mass is 32.1. The molecule has 4 rings (SSSR count). The summed E-state index contributed by atoms with van der Waals surface area (Å²) in [6.07, 6.45) is 5.04. The van der Waals surface area contributed by atoms with Gasteiger partial charge in [-0.25, -0.2) is 4.79 Å². The summed E-state index contributed by atoms with van der Waals surface area (Å²) in [4.78, 5) is 24.4. The lowest BCUT2D eigenvalue weighted by atomic mass is 9.94. The molecule has 0 saturated carbocycles. The first-order valence-electron chi connectivity index (χ1n) is 10.9. The maximum Gasteiger partial charge on any atom is 0.342 e. The maximum atomic E-state index is 12.3. The topological polar surface area (TPSA) is 120 Å². The largest absolute Gasteiger partial charge is 0.507 e. The number of nitrogens with one attached hydrogen (secondary N) is 1. The molecular weight excluding hydrogens is 446 g/mol. The molecule has 176 valence electrons. The van der Waals surface area contributed by atoms with Crippen molar-refractivity contribution in [3.8, 4) is 11.5 Å². The van der Waals surface area contributed by atoms with Gasteiger partial charge in [0.15, 0.2) is 0 Å². The number of benzene rings is 1. The molecule has 3 heterocycles. The van der Waals surface area contributed by atoms with Crippen LogP contribution < -0.4 is 10.1 Å². The fourth-order valence-corrected chi connectivity index (χ4v) is 4.93. The van der Waals surface area contributed by atoms with E-state index in [9.17, 15) is 14.7 Å². The van der Waals surface area contributed by atoms with E-state index in [4.69, 9.17) is 14.2 Å². The normalized spacial score (nSPS) is 17.7. The first kappa shape index (κ1) is 23.2. The number of allylic oxidation sites excluding steroid dienone is 2. The van der Waals surface area contributed by atoms with E-state index < -0.39 is 5.97 Å². The van der Waals surface area contributed by atoms with Gasteiger partial charge in [-0.15, -0.1) is 10.2 Å². The quantitative estimate of drug-likeness (QED) is 0.436. The summed E-state index contributed by atoms with van der Waals surface area (Å²) in [7, 11) is 1.54. The highest BCUT2D eigenvalue weighted by Crippen LogP contribution is 2.42. The summed E-state index contributed by atoms with van der Waals surface area (Å²) in [5.74, 6) is -0.222. The van der Waals surface area contributed by atoms with Gasteiger partial charge in [-0.3, -0.25) is 4.79 Å². The molecule has 0 aliphatic carbocycles. The highest BCUT2D eigenvalue weighted by Gasteiger charge is 2.31. The van der Waals surface area contributed by atoms with Gasteiger partial charge in [-0.2, -0.15) is 0 Å². The second-order valence-electron chi connectivity index (χ2n) is 8.16. The second kappa shape index (κ2) is 9.88. The Bertz CT molecular complexity index is 1100. The minimum Gasteiger partial charge on any atom is -0.507 e. The van der Waals surface area contributed by atoms with Crippen LogP contribution in [0, 0.1) is 6.92 Å². The minimum atomic E-state index is -0.522. The average molecular weight is 474 g/mol. The third-order valence-electron chi connectivity index (χ3n) is 5.94. The number of rotatable bonds is 8. The van der Waals surface area contributed by atoms with Gasteiger partial charge in [0.2, 0.25) is 11.0 Å². The van der Waals surface area contributed by atoms with Gasteiger partial charge < -0.3 is 24.6 Å². The molecule has 0 spiro atoms. The summed E-state index contributed by atoms with van der Waals surface area (Å²) < 4.78 is 16.2. The molecule has 0 bridgehead atoms. The van der Waals surface area contributed by atoms with Crippen LogP contribution in [0.2, 0.25) is 0 Å². The number of phenols is 1. The molecule has 9 nitrogen and oxygen atoms in total. The lowest BCUT2D eigenvalue weighted by Crippen LogP contribution is -2.11. The number of phenolic OH excluding ortho intramolecular Hbond substituents is 1. The van der Waals surface area contributed by atoms with Crippen LogP contribution in [0.3, 0.4) is 0 Å². The van der Waals surface area contributed by atoms with Gasteiger partial charge in [-0.1, -0.05) is 23.0 Å². The van der Waals surface area contributed by atoms with Crippen molar-refractivity contribution in [1.82, 2.24) is 10.2 Å². The Hall–Kier alpha value is -2.98. The van der Waals surface area contributed by atoms with Gasteiger partial charge in [0.05, 0.1) is 7.11 Å². The zero-order valence-corrected chi connectivity index (χ0v) is 19.7. The van der Waals surface area contributed by atoms with Crippen LogP contribution in [0.15, 0.2) is 11.6 Å². The molecule has 2 aliphatic heterocycles. The fourth-order valence-electron chi connectivity index (χ4n) is 4.09. The highest BCUT2D eigenvalue weighted by molar-refractivity contribution is 7.15. The monoisotopic (exact) mass is 473 g/mol. The Labute approximate surface area is 195 Å². The van der Waals surface area contributed by atoms with E-state index >= 15 is 0 Å². The van der Waals surface area contributed by atoms with E-state index in [-0.39, 0.29) is 36.4 Å². The number of fused-ring (bicyclic) bond motifs is 1. The Balaban J connectivity index is 1.36. The average Bonchev–Trinajstić information content (AvgIpc) is 3.55. The van der Waals surface area contributed by atoms with Gasteiger partial charge in [0, 0.05) is 24.2 Å². The summed E-state index contributed by atoms with van der Waals surface area (Å²) >= 11 is 1.34. The molecule has 1 saturated heterocycles. The van der Waals surface area contributed by atoms with Gasteiger partial charge >= 0.3 is 5.97 Å². The fraction of sp³-hybridized carbons (Fsp3) is 0.478. The van der Waals surface area contributed by atoms with E-state index in [2.05, 4.69) is 15.5 Å². The number of hydrogen-bond acceptors (Lipinski definition) is 9. The van der Waals surface area contributed by atoms with Crippen molar-refractivity contribution in [2.75, 3.05) is 19.0 Å². The molecule has 1 unspecified atom stereocenters. The molecular formula is C23H27N3O6S. The first-order chi connectivity index (χ1) is 15.9. The summed E-state index contributed by atoms with van der Waals surface area (Å²) in [5, 5.41) is 22.9. The third kappa shape index (κ3) is 4.86. The number of aromatic hydroxyl groups is 1. The SMILES string of the molecule is COc1c(C)c2c(c(O)c1CC=C(C)CCC(=O)Nc1nnc(C3CCCO3)s1)C(=O)OC2. The van der Waals surface area contributed by atoms with E-state index in [0.29, 0.717) is 34.8 Å². The summed E-state index contributed by atoms with van der Waals surface area (Å²) in [6.45, 7) is 4.64. The van der Waals surface area contributed by atoms with Crippen LogP contribution in [0.4, 0.5) is 5.13 Å². The lowest BCUT2D eigenvalue weighted by molar-refractivity contribution is -0.116. The number of cyclic esters (lactones) is 1. The molecule has 10 heteroatoms. The first-order valence-corrected chi connectivity index (χ1v) is 11.7. The number of ether oxygens (including phenoxy) is 3. The van der Waals surface area contributed by atoms with Crippen molar-refractivity contribution >= 4 is 28.3 Å². The predicted octanol–water partition coefficient (Wildman–Crippen LogP) is 3.99. The maximum absolute atomic E-state index is 12.3. The molecule has 0 radical (unpaired) electrons. The van der Waals surface area contributed by atoms with E-state index in [0.717, 1.165) is 35.6 Å². The number of amides is 1. The standard InChI is InChI=1S/C23H27N3O6S/c1-12(7-9-17(27)24-23-26-25-21(33-23)16-5-4-10-31-16)6-8-14-19(28)18-15(11-32-22(18)29)13(2)20(14)30-3/h6,16,28H,4-5,7-11H2,1-3H3,(H,24,26,27). The zero-order valence-electron chi connectivity index (χ0n) is 18.9. The second-order valence-corrected chi connectivity index (χ2v) is 9.17. The Morgan fingerprint density at radius 1 is 1.36 bits per heavy atom. The Morgan fingerprint density at radius 2 is 2.18 bits per heavy atom. The summed E-state index contributed by atoms with van der Waals surface area (Å²) in [6, 6.07) is 0. The molecule has 1 atom stereocenters. The predicted molar refractivity (Wildman–Crippen MR) is 122 cm³/mol. The number of carbonyl (C=O) groups excluding carboxylic acids is 2. The van der Waals surface area contributed by atoms with Crippen molar-refractivity contribution in [3.63, 3.8) is 0 Å². The smallest absolute Gasteiger partial charge is 0.342 e. The van der Waals surface area contributed by atoms with Crippen LogP contribution in [-0.4, -0.2) is 40.9 Å². The molecule has 2 aliphatic rings. The van der Waals surface area contributed by atoms with E-state index in [1.807, 2.05) is 19.9 Å². The molecule has 2 N–H and O–H groups in total. The van der Waals surface area contributed by atoms with Crippen molar-refractivity contribution < 1.29 is 28.9 Å². The molecule has 1 aromatic heterocycles. The third-order valence-corrected chi connectivity index (χ3v) is 6.87. The lowest BCUT2D eigenvalue weighted by Gasteiger charge is -2.15. The van der Waals surface area contributed by atoms with E-state index in [1.54, 1.807) is 0 Å².